The van der Waals surface area contributed by atoms with Crippen LogP contribution in [0.15, 0.2) is 42.7 Å². The van der Waals surface area contributed by atoms with E-state index in [-0.39, 0.29) is 0 Å². The number of H-pyrrole nitrogens is 1. The van der Waals surface area contributed by atoms with Crippen LogP contribution in [0.4, 0.5) is 0 Å². The second-order valence-electron chi connectivity index (χ2n) is 3.25. The van der Waals surface area contributed by atoms with Crippen LogP contribution in [-0.2, 0) is 0 Å². The first kappa shape index (κ1) is 9.59. The van der Waals surface area contributed by atoms with Crippen LogP contribution in [0.3, 0.4) is 0 Å². The number of rotatable bonds is 3. The molecule has 15 heavy (non-hydrogen) atoms. The smallest absolute Gasteiger partial charge is 0.118 e. The van der Waals surface area contributed by atoms with Gasteiger partial charge in [0.1, 0.15) is 5.75 Å². The van der Waals surface area contributed by atoms with Crippen molar-refractivity contribution in [2.45, 2.75) is 0 Å². The maximum atomic E-state index is 5.09. The van der Waals surface area contributed by atoms with Crippen molar-refractivity contribution >= 4 is 12.2 Å². The summed E-state index contributed by atoms with van der Waals surface area (Å²) >= 11 is 0. The topological polar surface area (TPSA) is 25.0 Å². The summed E-state index contributed by atoms with van der Waals surface area (Å²) in [5, 5.41) is 0. The third-order valence-electron chi connectivity index (χ3n) is 2.21. The highest BCUT2D eigenvalue weighted by atomic mass is 16.5. The first-order valence-electron chi connectivity index (χ1n) is 4.83. The zero-order valence-electron chi connectivity index (χ0n) is 8.60. The molecule has 2 rings (SSSR count). The predicted molar refractivity (Wildman–Crippen MR) is 62.7 cm³/mol. The summed E-state index contributed by atoms with van der Waals surface area (Å²) in [4.78, 5) is 3.01. The van der Waals surface area contributed by atoms with Crippen LogP contribution in [0, 0.1) is 0 Å². The lowest BCUT2D eigenvalue weighted by Crippen LogP contribution is -1.81. The van der Waals surface area contributed by atoms with E-state index in [4.69, 9.17) is 4.74 Å². The Labute approximate surface area is 89.2 Å². The largest absolute Gasteiger partial charge is 0.497 e. The third-order valence-corrected chi connectivity index (χ3v) is 2.21. The molecule has 0 spiro atoms. The molecule has 0 fully saturated rings. The molecule has 1 aromatic heterocycles. The van der Waals surface area contributed by atoms with Gasteiger partial charge in [-0.1, -0.05) is 24.3 Å². The van der Waals surface area contributed by atoms with E-state index in [9.17, 15) is 0 Å². The molecule has 1 heterocycles. The fraction of sp³-hybridized carbons (Fsp3) is 0.0769. The minimum Gasteiger partial charge on any atom is -0.497 e. The quantitative estimate of drug-likeness (QED) is 0.806. The van der Waals surface area contributed by atoms with E-state index < -0.39 is 0 Å². The summed E-state index contributed by atoms with van der Waals surface area (Å²) < 4.78 is 5.09. The van der Waals surface area contributed by atoms with E-state index in [0.29, 0.717) is 0 Å². The summed E-state index contributed by atoms with van der Waals surface area (Å²) in [5.41, 5.74) is 2.34. The lowest BCUT2D eigenvalue weighted by molar-refractivity contribution is 0.415. The second kappa shape index (κ2) is 4.51. The number of nitrogens with one attached hydrogen (secondary N) is 1. The molecular formula is C13H13NO. The summed E-state index contributed by atoms with van der Waals surface area (Å²) in [6.07, 6.45) is 8.01. The Balaban J connectivity index is 2.11. The van der Waals surface area contributed by atoms with Gasteiger partial charge in [-0.2, -0.15) is 0 Å². The molecular weight excluding hydrogens is 186 g/mol. The monoisotopic (exact) mass is 199 g/mol. The van der Waals surface area contributed by atoms with Crippen molar-refractivity contribution in [2.75, 3.05) is 7.11 Å². The Morgan fingerprint density at radius 3 is 2.33 bits per heavy atom. The van der Waals surface area contributed by atoms with Gasteiger partial charge in [0, 0.05) is 12.4 Å². The van der Waals surface area contributed by atoms with Crippen molar-refractivity contribution < 1.29 is 4.74 Å². The van der Waals surface area contributed by atoms with Crippen LogP contribution in [0.1, 0.15) is 11.1 Å². The maximum absolute atomic E-state index is 5.09. The first-order valence-corrected chi connectivity index (χ1v) is 4.83. The number of benzene rings is 1. The van der Waals surface area contributed by atoms with Crippen molar-refractivity contribution in [1.82, 2.24) is 4.98 Å². The number of hydrogen-bond donors (Lipinski definition) is 1. The molecule has 0 saturated heterocycles. The van der Waals surface area contributed by atoms with Crippen LogP contribution >= 0.6 is 0 Å². The highest BCUT2D eigenvalue weighted by Crippen LogP contribution is 2.13. The number of hydrogen-bond acceptors (Lipinski definition) is 1. The van der Waals surface area contributed by atoms with Crippen molar-refractivity contribution in [3.63, 3.8) is 0 Å². The molecule has 0 aliphatic heterocycles. The number of aromatic amines is 1. The van der Waals surface area contributed by atoms with Gasteiger partial charge in [-0.3, -0.25) is 0 Å². The van der Waals surface area contributed by atoms with Gasteiger partial charge in [0.2, 0.25) is 0 Å². The normalized spacial score (nSPS) is 10.7. The predicted octanol–water partition coefficient (Wildman–Crippen LogP) is 3.19. The molecule has 0 aliphatic carbocycles. The average molecular weight is 199 g/mol. The Morgan fingerprint density at radius 1 is 1.00 bits per heavy atom. The molecule has 0 saturated carbocycles. The Kier molecular flexibility index (Phi) is 2.88. The molecule has 2 nitrogen and oxygen atoms in total. The second-order valence-corrected chi connectivity index (χ2v) is 3.25. The van der Waals surface area contributed by atoms with Crippen molar-refractivity contribution in [1.29, 1.82) is 0 Å². The van der Waals surface area contributed by atoms with E-state index in [0.717, 1.165) is 11.3 Å². The fourth-order valence-corrected chi connectivity index (χ4v) is 1.35. The summed E-state index contributed by atoms with van der Waals surface area (Å²) in [6, 6.07) is 10.00. The minimum atomic E-state index is 0.883. The average Bonchev–Trinajstić information content (AvgIpc) is 2.80. The molecule has 2 aromatic rings. The fourth-order valence-electron chi connectivity index (χ4n) is 1.35. The lowest BCUT2D eigenvalue weighted by Gasteiger charge is -1.98. The highest BCUT2D eigenvalue weighted by Gasteiger charge is 1.90. The number of methoxy groups -OCH3 is 1. The van der Waals surface area contributed by atoms with Crippen molar-refractivity contribution in [3.05, 3.63) is 53.9 Å². The zero-order chi connectivity index (χ0) is 10.5. The van der Waals surface area contributed by atoms with E-state index in [1.54, 1.807) is 7.11 Å². The molecule has 1 aromatic carbocycles. The molecule has 0 radical (unpaired) electrons. The van der Waals surface area contributed by atoms with Gasteiger partial charge in [0.05, 0.1) is 7.11 Å². The number of aromatic nitrogens is 1. The summed E-state index contributed by atoms with van der Waals surface area (Å²) in [5.74, 6) is 0.883. The van der Waals surface area contributed by atoms with Crippen molar-refractivity contribution in [2.24, 2.45) is 0 Å². The third kappa shape index (κ3) is 2.50. The molecule has 0 unspecified atom stereocenters. The van der Waals surface area contributed by atoms with Gasteiger partial charge >= 0.3 is 0 Å². The van der Waals surface area contributed by atoms with Crippen LogP contribution in [-0.4, -0.2) is 12.1 Å². The maximum Gasteiger partial charge on any atom is 0.118 e. The SMILES string of the molecule is COc1ccc(/C=C/c2cc[nH]c2)cc1. The number of ether oxygens (including phenoxy) is 1. The van der Waals surface area contributed by atoms with Crippen LogP contribution < -0.4 is 4.74 Å². The molecule has 76 valence electrons. The van der Waals surface area contributed by atoms with Gasteiger partial charge in [0.15, 0.2) is 0 Å². The Bertz CT molecular complexity index is 426. The van der Waals surface area contributed by atoms with Gasteiger partial charge in [0.25, 0.3) is 0 Å². The summed E-state index contributed by atoms with van der Waals surface area (Å²) in [7, 11) is 1.67. The Hall–Kier alpha value is -1.96. The van der Waals surface area contributed by atoms with Gasteiger partial charge in [-0.05, 0) is 29.3 Å². The minimum absolute atomic E-state index is 0.883. The van der Waals surface area contributed by atoms with Crippen LogP contribution in [0.5, 0.6) is 5.75 Å². The van der Waals surface area contributed by atoms with E-state index >= 15 is 0 Å². The Morgan fingerprint density at radius 2 is 1.73 bits per heavy atom. The van der Waals surface area contributed by atoms with Crippen molar-refractivity contribution in [3.8, 4) is 5.75 Å². The van der Waals surface area contributed by atoms with Crippen LogP contribution in [0.25, 0.3) is 12.2 Å². The van der Waals surface area contributed by atoms with Gasteiger partial charge in [-0.25, -0.2) is 0 Å². The highest BCUT2D eigenvalue weighted by molar-refractivity contribution is 5.69. The molecule has 0 atom stereocenters. The molecule has 2 heteroatoms. The van der Waals surface area contributed by atoms with Crippen LogP contribution in [0.2, 0.25) is 0 Å². The molecule has 0 amide bonds. The lowest BCUT2D eigenvalue weighted by atomic mass is 10.2. The molecule has 1 N–H and O–H groups in total. The standard InChI is InChI=1S/C13H13NO/c1-15-13-6-4-11(5-7-13)2-3-12-8-9-14-10-12/h2-10,14H,1H3/b3-2+. The van der Waals surface area contributed by atoms with Gasteiger partial charge < -0.3 is 9.72 Å². The molecule has 0 bridgehead atoms. The molecule has 0 aliphatic rings. The van der Waals surface area contributed by atoms with E-state index in [1.807, 2.05) is 42.7 Å². The van der Waals surface area contributed by atoms with Gasteiger partial charge in [-0.15, -0.1) is 0 Å². The zero-order valence-corrected chi connectivity index (χ0v) is 8.60. The summed E-state index contributed by atoms with van der Waals surface area (Å²) in [6.45, 7) is 0. The van der Waals surface area contributed by atoms with E-state index in [1.165, 1.54) is 5.56 Å². The first-order chi connectivity index (χ1) is 7.38. The van der Waals surface area contributed by atoms with E-state index in [2.05, 4.69) is 17.1 Å².